The summed E-state index contributed by atoms with van der Waals surface area (Å²) in [5.74, 6) is 0.406. The number of carbonyl (C=O) groups excluding carboxylic acids is 1. The number of carbonyl (C=O) groups is 1. The van der Waals surface area contributed by atoms with Crippen molar-refractivity contribution in [1.29, 1.82) is 0 Å². The van der Waals surface area contributed by atoms with Crippen molar-refractivity contribution in [1.82, 2.24) is 10.0 Å². The zero-order valence-corrected chi connectivity index (χ0v) is 16.1. The third-order valence-corrected chi connectivity index (χ3v) is 6.62. The van der Waals surface area contributed by atoms with Gasteiger partial charge >= 0.3 is 0 Å². The average molecular weight is 381 g/mol. The summed E-state index contributed by atoms with van der Waals surface area (Å²) in [6.45, 7) is 3.14. The van der Waals surface area contributed by atoms with Gasteiger partial charge in [-0.05, 0) is 49.8 Å². The van der Waals surface area contributed by atoms with Crippen LogP contribution in [-0.2, 0) is 14.8 Å². The molecule has 0 spiro atoms. The van der Waals surface area contributed by atoms with E-state index in [1.807, 2.05) is 0 Å². The van der Waals surface area contributed by atoms with Crippen LogP contribution >= 0.6 is 0 Å². The van der Waals surface area contributed by atoms with E-state index < -0.39 is 10.0 Å². The minimum Gasteiger partial charge on any atom is -0.377 e. The number of sulfonamides is 1. The molecule has 1 saturated carbocycles. The zero-order valence-electron chi connectivity index (χ0n) is 15.2. The van der Waals surface area contributed by atoms with Crippen LogP contribution in [0.15, 0.2) is 29.2 Å². The van der Waals surface area contributed by atoms with Crippen molar-refractivity contribution in [3.63, 3.8) is 0 Å². The first kappa shape index (κ1) is 19.3. The molecular formula is C19H28N2O4S. The molecule has 2 fully saturated rings. The lowest BCUT2D eigenvalue weighted by Crippen LogP contribution is -2.38. The summed E-state index contributed by atoms with van der Waals surface area (Å²) in [7, 11) is -3.66. The summed E-state index contributed by atoms with van der Waals surface area (Å²) in [5.41, 5.74) is 0.378. The van der Waals surface area contributed by atoms with E-state index in [1.54, 1.807) is 12.1 Å². The smallest absolute Gasteiger partial charge is 0.251 e. The lowest BCUT2D eigenvalue weighted by molar-refractivity contribution is 0.0921. The van der Waals surface area contributed by atoms with Gasteiger partial charge in [-0.3, -0.25) is 4.79 Å². The van der Waals surface area contributed by atoms with E-state index in [2.05, 4.69) is 17.0 Å². The zero-order chi connectivity index (χ0) is 18.6. The van der Waals surface area contributed by atoms with E-state index in [9.17, 15) is 13.2 Å². The summed E-state index contributed by atoms with van der Waals surface area (Å²) < 4.78 is 33.0. The normalized spacial score (nSPS) is 26.6. The topological polar surface area (TPSA) is 84.5 Å². The number of rotatable bonds is 6. The molecule has 3 unspecified atom stereocenters. The van der Waals surface area contributed by atoms with Crippen LogP contribution in [0.3, 0.4) is 0 Å². The van der Waals surface area contributed by atoms with Gasteiger partial charge in [0.1, 0.15) is 0 Å². The van der Waals surface area contributed by atoms with Gasteiger partial charge in [0.25, 0.3) is 5.91 Å². The van der Waals surface area contributed by atoms with Gasteiger partial charge in [0, 0.05) is 24.8 Å². The van der Waals surface area contributed by atoms with Gasteiger partial charge in [0.05, 0.1) is 11.0 Å². The fourth-order valence-electron chi connectivity index (χ4n) is 3.73. The molecule has 2 N–H and O–H groups in total. The molecule has 0 radical (unpaired) electrons. The Kier molecular flexibility index (Phi) is 6.32. The molecule has 0 aromatic heterocycles. The van der Waals surface area contributed by atoms with E-state index in [0.717, 1.165) is 32.1 Å². The number of amides is 1. The van der Waals surface area contributed by atoms with Crippen molar-refractivity contribution < 1.29 is 17.9 Å². The number of ether oxygens (including phenoxy) is 1. The number of nitrogens with one attached hydrogen (secondary N) is 2. The van der Waals surface area contributed by atoms with Crippen molar-refractivity contribution in [2.75, 3.05) is 13.2 Å². The van der Waals surface area contributed by atoms with Crippen LogP contribution < -0.4 is 10.0 Å². The van der Waals surface area contributed by atoms with Crippen LogP contribution in [-0.4, -0.2) is 39.6 Å². The first-order valence-corrected chi connectivity index (χ1v) is 10.9. The molecule has 7 heteroatoms. The van der Waals surface area contributed by atoms with Gasteiger partial charge in [0.15, 0.2) is 0 Å². The Balaban J connectivity index is 1.63. The second-order valence-corrected chi connectivity index (χ2v) is 9.22. The summed E-state index contributed by atoms with van der Waals surface area (Å²) in [6.07, 6.45) is 6.05. The number of benzene rings is 1. The lowest BCUT2D eigenvalue weighted by Gasteiger charge is -2.27. The molecule has 2 aliphatic rings. The van der Waals surface area contributed by atoms with Gasteiger partial charge in [-0.15, -0.1) is 0 Å². The monoisotopic (exact) mass is 380 g/mol. The number of hydrogen-bond acceptors (Lipinski definition) is 4. The predicted octanol–water partition coefficient (Wildman–Crippen LogP) is 2.45. The van der Waals surface area contributed by atoms with Gasteiger partial charge in [-0.1, -0.05) is 25.8 Å². The largest absolute Gasteiger partial charge is 0.377 e. The minimum absolute atomic E-state index is 0.0652. The molecule has 1 saturated heterocycles. The first-order valence-electron chi connectivity index (χ1n) is 9.46. The van der Waals surface area contributed by atoms with Crippen LogP contribution in [0.4, 0.5) is 0 Å². The summed E-state index contributed by atoms with van der Waals surface area (Å²) in [5, 5.41) is 3.05. The van der Waals surface area contributed by atoms with Crippen LogP contribution in [0.5, 0.6) is 0 Å². The van der Waals surface area contributed by atoms with Crippen LogP contribution in [0, 0.1) is 5.92 Å². The van der Waals surface area contributed by atoms with Crippen molar-refractivity contribution in [3.05, 3.63) is 29.8 Å². The molecule has 144 valence electrons. The summed E-state index contributed by atoms with van der Waals surface area (Å²) in [6, 6.07) is 6.39. The standard InChI is InChI=1S/C19H28N2O4S/c1-14-5-2-7-16(11-14)21-19(22)15-6-3-9-18(12-15)26(23,24)20-13-17-8-4-10-25-17/h3,6,9,12,14,16-17,20H,2,4-5,7-8,10-11,13H2,1H3,(H,21,22). The minimum atomic E-state index is -3.66. The van der Waals surface area contributed by atoms with E-state index in [4.69, 9.17) is 4.74 Å². The van der Waals surface area contributed by atoms with Crippen molar-refractivity contribution in [3.8, 4) is 0 Å². The molecule has 3 atom stereocenters. The van der Waals surface area contributed by atoms with Gasteiger partial charge < -0.3 is 10.1 Å². The van der Waals surface area contributed by atoms with Crippen LogP contribution in [0.25, 0.3) is 0 Å². The fourth-order valence-corrected chi connectivity index (χ4v) is 4.84. The highest BCUT2D eigenvalue weighted by Gasteiger charge is 2.23. The molecule has 1 aliphatic heterocycles. The third kappa shape index (κ3) is 5.05. The molecule has 1 heterocycles. The fraction of sp³-hybridized carbons (Fsp3) is 0.632. The maximum atomic E-state index is 12.5. The van der Waals surface area contributed by atoms with Crippen molar-refractivity contribution in [2.24, 2.45) is 5.92 Å². The molecule has 1 aliphatic carbocycles. The maximum Gasteiger partial charge on any atom is 0.251 e. The number of hydrogen-bond donors (Lipinski definition) is 2. The summed E-state index contributed by atoms with van der Waals surface area (Å²) >= 11 is 0. The molecule has 1 amide bonds. The van der Waals surface area contributed by atoms with Crippen LogP contribution in [0.1, 0.15) is 55.8 Å². The average Bonchev–Trinajstić information content (AvgIpc) is 3.14. The lowest BCUT2D eigenvalue weighted by atomic mass is 9.87. The van der Waals surface area contributed by atoms with Gasteiger partial charge in [0.2, 0.25) is 10.0 Å². The van der Waals surface area contributed by atoms with E-state index in [0.29, 0.717) is 18.1 Å². The van der Waals surface area contributed by atoms with Crippen molar-refractivity contribution >= 4 is 15.9 Å². The Morgan fingerprint density at radius 1 is 1.23 bits per heavy atom. The second kappa shape index (κ2) is 8.50. The Morgan fingerprint density at radius 2 is 2.08 bits per heavy atom. The maximum absolute atomic E-state index is 12.5. The van der Waals surface area contributed by atoms with Gasteiger partial charge in [-0.2, -0.15) is 0 Å². The highest BCUT2D eigenvalue weighted by atomic mass is 32.2. The quantitative estimate of drug-likeness (QED) is 0.794. The van der Waals surface area contributed by atoms with Crippen molar-refractivity contribution in [2.45, 2.75) is 62.5 Å². The Hall–Kier alpha value is -1.44. The molecule has 3 rings (SSSR count). The third-order valence-electron chi connectivity index (χ3n) is 5.20. The molecule has 6 nitrogen and oxygen atoms in total. The highest BCUT2D eigenvalue weighted by Crippen LogP contribution is 2.24. The molecule has 26 heavy (non-hydrogen) atoms. The highest BCUT2D eigenvalue weighted by molar-refractivity contribution is 7.89. The van der Waals surface area contributed by atoms with Crippen LogP contribution in [0.2, 0.25) is 0 Å². The molecule has 1 aromatic rings. The second-order valence-electron chi connectivity index (χ2n) is 7.46. The predicted molar refractivity (Wildman–Crippen MR) is 99.5 cm³/mol. The Morgan fingerprint density at radius 3 is 2.81 bits per heavy atom. The Labute approximate surface area is 155 Å². The van der Waals surface area contributed by atoms with E-state index in [1.165, 1.54) is 18.6 Å². The Bertz CT molecular complexity index is 729. The molecule has 1 aromatic carbocycles. The molecule has 0 bridgehead atoms. The van der Waals surface area contributed by atoms with E-state index >= 15 is 0 Å². The SMILES string of the molecule is CC1CCCC(NC(=O)c2cccc(S(=O)(=O)NCC3CCCO3)c2)C1. The molecular weight excluding hydrogens is 352 g/mol. The summed E-state index contributed by atoms with van der Waals surface area (Å²) in [4.78, 5) is 12.6. The first-order chi connectivity index (χ1) is 12.4. The van der Waals surface area contributed by atoms with Gasteiger partial charge in [-0.25, -0.2) is 13.1 Å². The van der Waals surface area contributed by atoms with E-state index in [-0.39, 0.29) is 29.5 Å².